The van der Waals surface area contributed by atoms with E-state index >= 15 is 0 Å². The lowest BCUT2D eigenvalue weighted by molar-refractivity contribution is -0.383. The average Bonchev–Trinajstić information content (AvgIpc) is 2.49. The van der Waals surface area contributed by atoms with Gasteiger partial charge in [0.2, 0.25) is 0 Å². The van der Waals surface area contributed by atoms with Gasteiger partial charge < -0.3 is 4.98 Å². The number of nitrogens with zero attached hydrogens (tertiary/aromatic N) is 2. The summed E-state index contributed by atoms with van der Waals surface area (Å²) in [6, 6.07) is 0. The number of nitro groups is 1. The maximum Gasteiger partial charge on any atom is 0.294 e. The van der Waals surface area contributed by atoms with E-state index in [1.54, 1.807) is 19.3 Å². The van der Waals surface area contributed by atoms with Gasteiger partial charge in [-0.1, -0.05) is 0 Å². The summed E-state index contributed by atoms with van der Waals surface area (Å²) in [5.41, 5.74) is 1.62. The molecule has 0 aromatic carbocycles. The van der Waals surface area contributed by atoms with Crippen LogP contribution in [-0.2, 0) is 0 Å². The normalized spacial score (nSPS) is 10.5. The summed E-state index contributed by atoms with van der Waals surface area (Å²) in [5, 5.41) is 11.2. The molecule has 0 bridgehead atoms. The van der Waals surface area contributed by atoms with Gasteiger partial charge in [-0.05, 0) is 12.5 Å². The summed E-state index contributed by atoms with van der Waals surface area (Å²) in [6.07, 6.45) is 4.58. The summed E-state index contributed by atoms with van der Waals surface area (Å²) in [7, 11) is 0. The van der Waals surface area contributed by atoms with E-state index in [-0.39, 0.29) is 5.69 Å². The number of rotatable bonds is 1. The molecule has 5 nitrogen and oxygen atoms in total. The second-order valence-corrected chi connectivity index (χ2v) is 2.81. The largest absolute Gasteiger partial charge is 0.354 e. The molecule has 2 aromatic rings. The van der Waals surface area contributed by atoms with Gasteiger partial charge >= 0.3 is 0 Å². The zero-order chi connectivity index (χ0) is 9.42. The van der Waals surface area contributed by atoms with E-state index in [1.807, 2.05) is 0 Å². The van der Waals surface area contributed by atoms with Crippen LogP contribution in [0.5, 0.6) is 0 Å². The van der Waals surface area contributed by atoms with Crippen LogP contribution in [0.1, 0.15) is 5.56 Å². The molecule has 2 heterocycles. The Bertz CT molecular complexity index is 475. The number of hydrogen-bond acceptors (Lipinski definition) is 3. The molecule has 0 amide bonds. The van der Waals surface area contributed by atoms with Gasteiger partial charge in [0.05, 0.1) is 28.2 Å². The maximum atomic E-state index is 10.6. The van der Waals surface area contributed by atoms with Crippen LogP contribution >= 0.6 is 0 Å². The monoisotopic (exact) mass is 177 g/mol. The Kier molecular flexibility index (Phi) is 1.51. The van der Waals surface area contributed by atoms with Gasteiger partial charge in [0.25, 0.3) is 5.69 Å². The number of fused-ring (bicyclic) bond motifs is 1. The molecule has 0 aliphatic carbocycles. The smallest absolute Gasteiger partial charge is 0.294 e. The molecule has 0 saturated heterocycles. The first-order chi connectivity index (χ1) is 6.20. The van der Waals surface area contributed by atoms with E-state index in [0.29, 0.717) is 10.9 Å². The van der Waals surface area contributed by atoms with Gasteiger partial charge in [-0.3, -0.25) is 15.1 Å². The summed E-state index contributed by atoms with van der Waals surface area (Å²) in [6.45, 7) is 1.80. The minimum Gasteiger partial charge on any atom is -0.354 e. The van der Waals surface area contributed by atoms with Gasteiger partial charge in [0.15, 0.2) is 0 Å². The molecule has 0 radical (unpaired) electrons. The van der Waals surface area contributed by atoms with Gasteiger partial charge in [0.1, 0.15) is 0 Å². The van der Waals surface area contributed by atoms with Gasteiger partial charge in [-0.15, -0.1) is 0 Å². The number of aryl methyl sites for hydroxylation is 1. The lowest BCUT2D eigenvalue weighted by Crippen LogP contribution is -1.87. The zero-order valence-corrected chi connectivity index (χ0v) is 6.94. The zero-order valence-electron chi connectivity index (χ0n) is 6.94. The molecule has 2 rings (SSSR count). The van der Waals surface area contributed by atoms with Crippen LogP contribution in [-0.4, -0.2) is 14.9 Å². The van der Waals surface area contributed by atoms with E-state index in [9.17, 15) is 10.1 Å². The third-order valence-corrected chi connectivity index (χ3v) is 1.95. The third kappa shape index (κ3) is 1.05. The second kappa shape index (κ2) is 2.55. The molecule has 0 unspecified atom stereocenters. The molecule has 0 aliphatic heterocycles. The molecule has 0 spiro atoms. The van der Waals surface area contributed by atoms with Crippen molar-refractivity contribution in [1.29, 1.82) is 0 Å². The van der Waals surface area contributed by atoms with Crippen molar-refractivity contribution in [1.82, 2.24) is 9.97 Å². The Balaban J connectivity index is 2.86. The number of H-pyrrole nitrogens is 1. The Morgan fingerprint density at radius 1 is 1.54 bits per heavy atom. The highest BCUT2D eigenvalue weighted by molar-refractivity contribution is 5.90. The van der Waals surface area contributed by atoms with E-state index < -0.39 is 4.92 Å². The van der Waals surface area contributed by atoms with Crippen LogP contribution in [0.4, 0.5) is 5.69 Å². The maximum absolute atomic E-state index is 10.6. The standard InChI is InChI=1S/C8H7N3O2/c1-5-2-9-3-6-8(5)7(4-10-6)11(12)13/h2-4,10H,1H3. The summed E-state index contributed by atoms with van der Waals surface area (Å²) in [5.74, 6) is 0. The highest BCUT2D eigenvalue weighted by Gasteiger charge is 2.15. The van der Waals surface area contributed by atoms with Crippen molar-refractivity contribution in [2.75, 3.05) is 0 Å². The van der Waals surface area contributed by atoms with Crippen molar-refractivity contribution in [3.63, 3.8) is 0 Å². The molecule has 5 heteroatoms. The van der Waals surface area contributed by atoms with Crippen molar-refractivity contribution in [3.8, 4) is 0 Å². The van der Waals surface area contributed by atoms with Crippen LogP contribution in [0.25, 0.3) is 10.9 Å². The molecule has 0 aliphatic rings. The lowest BCUT2D eigenvalue weighted by Gasteiger charge is -1.93. The molecule has 0 saturated carbocycles. The highest BCUT2D eigenvalue weighted by Crippen LogP contribution is 2.26. The van der Waals surface area contributed by atoms with Crippen LogP contribution in [0.15, 0.2) is 18.6 Å². The van der Waals surface area contributed by atoms with Gasteiger partial charge in [-0.25, -0.2) is 0 Å². The Labute approximate surface area is 73.6 Å². The highest BCUT2D eigenvalue weighted by atomic mass is 16.6. The first-order valence-corrected chi connectivity index (χ1v) is 3.76. The predicted molar refractivity (Wildman–Crippen MR) is 47.5 cm³/mol. The van der Waals surface area contributed by atoms with Crippen molar-refractivity contribution in [2.45, 2.75) is 6.92 Å². The molecule has 0 fully saturated rings. The Morgan fingerprint density at radius 2 is 2.31 bits per heavy atom. The summed E-state index contributed by atoms with van der Waals surface area (Å²) >= 11 is 0. The number of nitrogens with one attached hydrogen (secondary N) is 1. The molecule has 66 valence electrons. The third-order valence-electron chi connectivity index (χ3n) is 1.95. The van der Waals surface area contributed by atoms with Crippen molar-refractivity contribution < 1.29 is 4.92 Å². The minimum absolute atomic E-state index is 0.106. The second-order valence-electron chi connectivity index (χ2n) is 2.81. The topological polar surface area (TPSA) is 71.8 Å². The fourth-order valence-electron chi connectivity index (χ4n) is 1.38. The number of aromatic amines is 1. The first kappa shape index (κ1) is 7.72. The van der Waals surface area contributed by atoms with Crippen LogP contribution in [0.2, 0.25) is 0 Å². The first-order valence-electron chi connectivity index (χ1n) is 3.76. The van der Waals surface area contributed by atoms with Crippen molar-refractivity contribution in [3.05, 3.63) is 34.3 Å². The van der Waals surface area contributed by atoms with Crippen LogP contribution in [0, 0.1) is 17.0 Å². The van der Waals surface area contributed by atoms with Crippen molar-refractivity contribution >= 4 is 16.6 Å². The molecular weight excluding hydrogens is 170 g/mol. The van der Waals surface area contributed by atoms with Gasteiger partial charge in [0, 0.05) is 6.20 Å². The van der Waals surface area contributed by atoms with E-state index in [0.717, 1.165) is 5.56 Å². The Morgan fingerprint density at radius 3 is 3.00 bits per heavy atom. The summed E-state index contributed by atoms with van der Waals surface area (Å²) in [4.78, 5) is 16.9. The molecule has 2 aromatic heterocycles. The average molecular weight is 177 g/mol. The Hall–Kier alpha value is -1.91. The predicted octanol–water partition coefficient (Wildman–Crippen LogP) is 1.78. The minimum atomic E-state index is -0.397. The molecular formula is C8H7N3O2. The van der Waals surface area contributed by atoms with Gasteiger partial charge in [-0.2, -0.15) is 0 Å². The van der Waals surface area contributed by atoms with Crippen molar-refractivity contribution in [2.24, 2.45) is 0 Å². The van der Waals surface area contributed by atoms with E-state index in [4.69, 9.17) is 0 Å². The fraction of sp³-hybridized carbons (Fsp3) is 0.125. The van der Waals surface area contributed by atoms with E-state index in [1.165, 1.54) is 6.20 Å². The van der Waals surface area contributed by atoms with E-state index in [2.05, 4.69) is 9.97 Å². The summed E-state index contributed by atoms with van der Waals surface area (Å²) < 4.78 is 0. The molecule has 13 heavy (non-hydrogen) atoms. The fourth-order valence-corrected chi connectivity index (χ4v) is 1.38. The number of hydrogen-bond donors (Lipinski definition) is 1. The van der Waals surface area contributed by atoms with Crippen LogP contribution in [0.3, 0.4) is 0 Å². The number of pyridine rings is 1. The van der Waals surface area contributed by atoms with Crippen LogP contribution < -0.4 is 0 Å². The quantitative estimate of drug-likeness (QED) is 0.533. The lowest BCUT2D eigenvalue weighted by atomic mass is 10.2. The molecule has 0 atom stereocenters. The number of aromatic nitrogens is 2. The SMILES string of the molecule is Cc1cncc2[nH]cc([N+](=O)[O-])c12. The molecule has 1 N–H and O–H groups in total.